The SMILES string of the molecule is CN=C(C(=O)NC1CCN(C)C1)c1cc(OCc2scnc2C)ccc1N. The highest BCUT2D eigenvalue weighted by molar-refractivity contribution is 7.09. The molecule has 27 heavy (non-hydrogen) atoms. The minimum Gasteiger partial charge on any atom is -0.488 e. The van der Waals surface area contributed by atoms with E-state index in [0.717, 1.165) is 30.1 Å². The van der Waals surface area contributed by atoms with Crippen LogP contribution in [0.1, 0.15) is 22.6 Å². The zero-order valence-corrected chi connectivity index (χ0v) is 16.7. The lowest BCUT2D eigenvalue weighted by atomic mass is 10.1. The van der Waals surface area contributed by atoms with Gasteiger partial charge in [-0.05, 0) is 45.1 Å². The number of nitrogens with two attached hydrogens (primary N) is 1. The van der Waals surface area contributed by atoms with Crippen LogP contribution in [0.4, 0.5) is 5.69 Å². The van der Waals surface area contributed by atoms with E-state index in [1.54, 1.807) is 42.1 Å². The van der Waals surface area contributed by atoms with E-state index in [4.69, 9.17) is 10.5 Å². The summed E-state index contributed by atoms with van der Waals surface area (Å²) in [4.78, 5) is 24.4. The summed E-state index contributed by atoms with van der Waals surface area (Å²) >= 11 is 1.56. The van der Waals surface area contributed by atoms with Crippen LogP contribution in [-0.4, -0.2) is 54.7 Å². The molecule has 1 aromatic carbocycles. The van der Waals surface area contributed by atoms with Gasteiger partial charge in [-0.25, -0.2) is 4.98 Å². The van der Waals surface area contributed by atoms with Crippen molar-refractivity contribution >= 4 is 28.6 Å². The smallest absolute Gasteiger partial charge is 0.270 e. The van der Waals surface area contributed by atoms with Crippen molar-refractivity contribution < 1.29 is 9.53 Å². The number of anilines is 1. The molecule has 1 atom stereocenters. The fraction of sp³-hybridized carbons (Fsp3) is 0.421. The highest BCUT2D eigenvalue weighted by Gasteiger charge is 2.24. The number of nitrogens with zero attached hydrogens (tertiary/aromatic N) is 3. The maximum atomic E-state index is 12.7. The minimum atomic E-state index is -0.208. The number of likely N-dealkylation sites (N-methyl/N-ethyl adjacent to an activating group) is 1. The molecule has 3 N–H and O–H groups in total. The Hall–Kier alpha value is -2.45. The second kappa shape index (κ2) is 8.49. The Morgan fingerprint density at radius 2 is 2.33 bits per heavy atom. The summed E-state index contributed by atoms with van der Waals surface area (Å²) in [6.07, 6.45) is 0.937. The van der Waals surface area contributed by atoms with Gasteiger partial charge in [-0.15, -0.1) is 11.3 Å². The molecule has 0 aliphatic carbocycles. The average molecular weight is 388 g/mol. The summed E-state index contributed by atoms with van der Waals surface area (Å²) in [5, 5.41) is 3.05. The third-order valence-electron chi connectivity index (χ3n) is 4.66. The third kappa shape index (κ3) is 4.64. The van der Waals surface area contributed by atoms with E-state index in [-0.39, 0.29) is 11.9 Å². The number of aromatic nitrogens is 1. The zero-order chi connectivity index (χ0) is 19.4. The number of carbonyl (C=O) groups excluding carboxylic acids is 1. The largest absolute Gasteiger partial charge is 0.488 e. The Kier molecular flexibility index (Phi) is 6.08. The molecule has 0 bridgehead atoms. The van der Waals surface area contributed by atoms with Gasteiger partial charge in [-0.3, -0.25) is 9.79 Å². The number of nitrogens with one attached hydrogen (secondary N) is 1. The van der Waals surface area contributed by atoms with Gasteiger partial charge in [0, 0.05) is 30.9 Å². The molecule has 8 heteroatoms. The molecule has 0 spiro atoms. The van der Waals surface area contributed by atoms with Crippen molar-refractivity contribution in [2.75, 3.05) is 32.9 Å². The van der Waals surface area contributed by atoms with Gasteiger partial charge in [0.15, 0.2) is 0 Å². The van der Waals surface area contributed by atoms with Crippen LogP contribution in [0.2, 0.25) is 0 Å². The quantitative estimate of drug-likeness (QED) is 0.583. The van der Waals surface area contributed by atoms with Gasteiger partial charge in [0.25, 0.3) is 5.91 Å². The first-order chi connectivity index (χ1) is 13.0. The minimum absolute atomic E-state index is 0.134. The lowest BCUT2D eigenvalue weighted by molar-refractivity contribution is -0.115. The number of rotatable bonds is 6. The van der Waals surface area contributed by atoms with Gasteiger partial charge in [-0.1, -0.05) is 0 Å². The first kappa shape index (κ1) is 19.3. The molecule has 144 valence electrons. The second-order valence-corrected chi connectivity index (χ2v) is 7.63. The number of carbonyl (C=O) groups is 1. The summed E-state index contributed by atoms with van der Waals surface area (Å²) < 4.78 is 5.87. The molecule has 1 aliphatic rings. The number of aryl methyl sites for hydroxylation is 1. The van der Waals surface area contributed by atoms with E-state index in [1.807, 2.05) is 14.0 Å². The average Bonchev–Trinajstić information content (AvgIpc) is 3.24. The molecule has 7 nitrogen and oxygen atoms in total. The molecule has 3 rings (SSSR count). The summed E-state index contributed by atoms with van der Waals surface area (Å²) in [6.45, 7) is 4.21. The third-order valence-corrected chi connectivity index (χ3v) is 5.57. The van der Waals surface area contributed by atoms with Crippen LogP contribution in [0.3, 0.4) is 0 Å². The van der Waals surface area contributed by atoms with Gasteiger partial charge in [-0.2, -0.15) is 0 Å². The summed E-state index contributed by atoms with van der Waals surface area (Å²) in [6, 6.07) is 5.45. The summed E-state index contributed by atoms with van der Waals surface area (Å²) in [5.74, 6) is 0.432. The van der Waals surface area contributed by atoms with Crippen LogP contribution in [0.25, 0.3) is 0 Å². The number of amides is 1. The Labute approximate surface area is 163 Å². The highest BCUT2D eigenvalue weighted by atomic mass is 32.1. The lowest BCUT2D eigenvalue weighted by Gasteiger charge is -2.16. The first-order valence-corrected chi connectivity index (χ1v) is 9.73. The molecule has 1 fully saturated rings. The van der Waals surface area contributed by atoms with Crippen molar-refractivity contribution in [2.24, 2.45) is 4.99 Å². The Morgan fingerprint density at radius 1 is 1.52 bits per heavy atom. The van der Waals surface area contributed by atoms with Crippen LogP contribution in [0, 0.1) is 6.92 Å². The monoisotopic (exact) mass is 387 g/mol. The number of likely N-dealkylation sites (tertiary alicyclic amines) is 1. The summed E-state index contributed by atoms with van der Waals surface area (Å²) in [7, 11) is 3.65. The fourth-order valence-corrected chi connectivity index (χ4v) is 3.78. The van der Waals surface area contributed by atoms with Crippen molar-refractivity contribution in [3.63, 3.8) is 0 Å². The van der Waals surface area contributed by atoms with Crippen LogP contribution < -0.4 is 15.8 Å². The van der Waals surface area contributed by atoms with E-state index >= 15 is 0 Å². The van der Waals surface area contributed by atoms with Crippen LogP contribution in [0.15, 0.2) is 28.7 Å². The zero-order valence-electron chi connectivity index (χ0n) is 15.9. The molecular weight excluding hydrogens is 362 g/mol. The van der Waals surface area contributed by atoms with E-state index in [0.29, 0.717) is 29.3 Å². The van der Waals surface area contributed by atoms with Gasteiger partial charge in [0.1, 0.15) is 18.1 Å². The van der Waals surface area contributed by atoms with Crippen LogP contribution >= 0.6 is 11.3 Å². The summed E-state index contributed by atoms with van der Waals surface area (Å²) in [5.41, 5.74) is 10.3. The maximum Gasteiger partial charge on any atom is 0.270 e. The maximum absolute atomic E-state index is 12.7. The predicted octanol–water partition coefficient (Wildman–Crippen LogP) is 1.85. The molecule has 2 heterocycles. The number of hydrogen-bond acceptors (Lipinski definition) is 7. The predicted molar refractivity (Wildman–Crippen MR) is 109 cm³/mol. The number of benzene rings is 1. The van der Waals surface area contributed by atoms with Crippen molar-refractivity contribution in [2.45, 2.75) is 26.0 Å². The van der Waals surface area contributed by atoms with E-state index in [9.17, 15) is 4.79 Å². The Morgan fingerprint density at radius 3 is 2.96 bits per heavy atom. The van der Waals surface area contributed by atoms with Gasteiger partial charge in [0.2, 0.25) is 0 Å². The van der Waals surface area contributed by atoms with E-state index in [1.165, 1.54) is 0 Å². The standard InChI is InChI=1S/C19H25N5O2S/c1-12-17(27-11-22-12)10-26-14-4-5-16(20)15(8-14)18(21-2)19(25)23-13-6-7-24(3)9-13/h4-5,8,11,13H,6-7,9-10,20H2,1-3H3,(H,23,25). The second-order valence-electron chi connectivity index (χ2n) is 6.69. The van der Waals surface area contributed by atoms with Crippen molar-refractivity contribution in [1.29, 1.82) is 0 Å². The number of hydrogen-bond donors (Lipinski definition) is 2. The molecular formula is C19H25N5O2S. The molecule has 0 radical (unpaired) electrons. The molecule has 2 aromatic rings. The van der Waals surface area contributed by atoms with Crippen LogP contribution in [0.5, 0.6) is 5.75 Å². The number of aliphatic imine (C=N–C) groups is 1. The normalized spacial score (nSPS) is 17.9. The Bertz CT molecular complexity index is 848. The molecule has 1 saturated heterocycles. The number of nitrogen functional groups attached to an aromatic ring is 1. The van der Waals surface area contributed by atoms with Crippen molar-refractivity contribution in [3.05, 3.63) is 39.8 Å². The van der Waals surface area contributed by atoms with Gasteiger partial charge < -0.3 is 20.7 Å². The fourth-order valence-electron chi connectivity index (χ4n) is 3.09. The first-order valence-electron chi connectivity index (χ1n) is 8.85. The Balaban J connectivity index is 1.73. The lowest BCUT2D eigenvalue weighted by Crippen LogP contribution is -2.41. The molecule has 1 aromatic heterocycles. The highest BCUT2D eigenvalue weighted by Crippen LogP contribution is 2.23. The topological polar surface area (TPSA) is 92.8 Å². The van der Waals surface area contributed by atoms with E-state index in [2.05, 4.69) is 20.2 Å². The van der Waals surface area contributed by atoms with Crippen LogP contribution in [-0.2, 0) is 11.4 Å². The molecule has 1 aliphatic heterocycles. The van der Waals surface area contributed by atoms with Gasteiger partial charge in [0.05, 0.1) is 16.1 Å². The number of thiazole rings is 1. The van der Waals surface area contributed by atoms with Gasteiger partial charge >= 0.3 is 0 Å². The number of ether oxygens (including phenoxy) is 1. The van der Waals surface area contributed by atoms with Crippen molar-refractivity contribution in [3.8, 4) is 5.75 Å². The molecule has 1 amide bonds. The molecule has 0 saturated carbocycles. The van der Waals surface area contributed by atoms with Crippen molar-refractivity contribution in [1.82, 2.24) is 15.2 Å². The van der Waals surface area contributed by atoms with E-state index < -0.39 is 0 Å². The molecule has 1 unspecified atom stereocenters.